The molecular formula is C14H30N2O4S. The van der Waals surface area contributed by atoms with Crippen molar-refractivity contribution in [3.05, 3.63) is 0 Å². The molecular weight excluding hydrogens is 292 g/mol. The van der Waals surface area contributed by atoms with Crippen LogP contribution in [0.5, 0.6) is 0 Å². The molecule has 2 unspecified atom stereocenters. The van der Waals surface area contributed by atoms with Crippen LogP contribution in [0.2, 0.25) is 0 Å². The summed E-state index contributed by atoms with van der Waals surface area (Å²) in [6, 6.07) is -0.288. The van der Waals surface area contributed by atoms with Gasteiger partial charge in [0.2, 0.25) is 0 Å². The molecule has 1 amide bonds. The zero-order valence-corrected chi connectivity index (χ0v) is 15.0. The maximum atomic E-state index is 11.8. The van der Waals surface area contributed by atoms with Gasteiger partial charge in [-0.15, -0.1) is 0 Å². The zero-order valence-electron chi connectivity index (χ0n) is 14.2. The Labute approximate surface area is 128 Å². The van der Waals surface area contributed by atoms with Gasteiger partial charge in [-0.3, -0.25) is 0 Å². The first-order valence-electron chi connectivity index (χ1n) is 7.21. The molecule has 2 atom stereocenters. The van der Waals surface area contributed by atoms with Crippen LogP contribution in [-0.4, -0.2) is 50.7 Å². The Morgan fingerprint density at radius 2 is 1.71 bits per heavy atom. The van der Waals surface area contributed by atoms with Crippen LogP contribution >= 0.6 is 0 Å². The lowest BCUT2D eigenvalue weighted by atomic mass is 10.0. The van der Waals surface area contributed by atoms with Crippen molar-refractivity contribution in [3.63, 3.8) is 0 Å². The van der Waals surface area contributed by atoms with E-state index in [9.17, 15) is 13.2 Å². The molecule has 6 nitrogen and oxygen atoms in total. The number of amides is 1. The molecule has 126 valence electrons. The second-order valence-corrected chi connectivity index (χ2v) is 9.08. The molecule has 0 aliphatic carbocycles. The SMILES string of the molecule is CC(CS(C)(=O)=O)NCC(NC(=O)OC(C)(C)C)C(C)C. The highest BCUT2D eigenvalue weighted by Gasteiger charge is 2.22. The molecule has 7 heteroatoms. The topological polar surface area (TPSA) is 84.5 Å². The average molecular weight is 322 g/mol. The lowest BCUT2D eigenvalue weighted by molar-refractivity contribution is 0.0489. The van der Waals surface area contributed by atoms with E-state index in [0.29, 0.717) is 6.54 Å². The number of hydrogen-bond donors (Lipinski definition) is 2. The summed E-state index contributed by atoms with van der Waals surface area (Å²) in [5.41, 5.74) is -0.539. The van der Waals surface area contributed by atoms with Gasteiger partial charge in [0.1, 0.15) is 15.4 Å². The van der Waals surface area contributed by atoms with Crippen molar-refractivity contribution < 1.29 is 17.9 Å². The third kappa shape index (κ3) is 11.5. The van der Waals surface area contributed by atoms with E-state index in [2.05, 4.69) is 10.6 Å². The van der Waals surface area contributed by atoms with Crippen LogP contribution in [0.25, 0.3) is 0 Å². The van der Waals surface area contributed by atoms with Gasteiger partial charge in [-0.1, -0.05) is 13.8 Å². The van der Waals surface area contributed by atoms with E-state index in [1.807, 2.05) is 41.5 Å². The molecule has 0 bridgehead atoms. The van der Waals surface area contributed by atoms with Crippen molar-refractivity contribution in [2.45, 2.75) is 59.2 Å². The van der Waals surface area contributed by atoms with Gasteiger partial charge in [0.05, 0.1) is 5.75 Å². The molecule has 0 aliphatic heterocycles. The van der Waals surface area contributed by atoms with Crippen LogP contribution < -0.4 is 10.6 Å². The van der Waals surface area contributed by atoms with Gasteiger partial charge in [0.15, 0.2) is 0 Å². The second kappa shape index (κ2) is 7.98. The Morgan fingerprint density at radius 3 is 2.10 bits per heavy atom. The number of carbonyl (C=O) groups is 1. The van der Waals surface area contributed by atoms with Gasteiger partial charge < -0.3 is 15.4 Å². The largest absolute Gasteiger partial charge is 0.444 e. The lowest BCUT2D eigenvalue weighted by Gasteiger charge is -2.27. The molecule has 0 fully saturated rings. The molecule has 0 heterocycles. The number of sulfone groups is 1. The fraction of sp³-hybridized carbons (Fsp3) is 0.929. The zero-order chi connectivity index (χ0) is 16.8. The molecule has 0 aromatic carbocycles. The molecule has 0 aliphatic rings. The van der Waals surface area contributed by atoms with Gasteiger partial charge in [-0.05, 0) is 33.6 Å². The van der Waals surface area contributed by atoms with Crippen LogP contribution in [0, 0.1) is 5.92 Å². The van der Waals surface area contributed by atoms with Crippen LogP contribution in [0.1, 0.15) is 41.5 Å². The van der Waals surface area contributed by atoms with Crippen molar-refractivity contribution in [1.82, 2.24) is 10.6 Å². The van der Waals surface area contributed by atoms with Gasteiger partial charge in [-0.25, -0.2) is 13.2 Å². The molecule has 0 radical (unpaired) electrons. The van der Waals surface area contributed by atoms with Gasteiger partial charge >= 0.3 is 6.09 Å². The molecule has 0 rings (SSSR count). The summed E-state index contributed by atoms with van der Waals surface area (Å²) >= 11 is 0. The number of nitrogens with one attached hydrogen (secondary N) is 2. The number of ether oxygens (including phenoxy) is 1. The summed E-state index contributed by atoms with van der Waals surface area (Å²) < 4.78 is 27.7. The Hall–Kier alpha value is -0.820. The number of carbonyl (C=O) groups excluding carboxylic acids is 1. The third-order valence-corrected chi connectivity index (χ3v) is 3.85. The van der Waals surface area contributed by atoms with E-state index >= 15 is 0 Å². The Kier molecular flexibility index (Phi) is 7.67. The first-order valence-corrected chi connectivity index (χ1v) is 9.27. The van der Waals surface area contributed by atoms with E-state index in [4.69, 9.17) is 4.74 Å². The van der Waals surface area contributed by atoms with Gasteiger partial charge in [0.25, 0.3) is 0 Å². The molecule has 0 aromatic heterocycles. The molecule has 0 saturated carbocycles. The van der Waals surface area contributed by atoms with Crippen molar-refractivity contribution in [1.29, 1.82) is 0 Å². The monoisotopic (exact) mass is 322 g/mol. The number of alkyl carbamates (subject to hydrolysis) is 1. The van der Waals surface area contributed by atoms with E-state index < -0.39 is 21.5 Å². The molecule has 0 spiro atoms. The normalized spacial score (nSPS) is 15.6. The summed E-state index contributed by atoms with van der Waals surface area (Å²) in [6.45, 7) is 11.7. The molecule has 0 aromatic rings. The maximum absolute atomic E-state index is 11.8. The standard InChI is InChI=1S/C14H30N2O4S/c1-10(2)12(16-13(17)20-14(4,5)6)8-15-11(3)9-21(7,18)19/h10-12,15H,8-9H2,1-7H3,(H,16,17). The van der Waals surface area contributed by atoms with Gasteiger partial charge in [-0.2, -0.15) is 0 Å². The number of hydrogen-bond acceptors (Lipinski definition) is 5. The quantitative estimate of drug-likeness (QED) is 0.743. The highest BCUT2D eigenvalue weighted by Crippen LogP contribution is 2.08. The van der Waals surface area contributed by atoms with Crippen molar-refractivity contribution >= 4 is 15.9 Å². The maximum Gasteiger partial charge on any atom is 0.407 e. The minimum absolute atomic E-state index is 0.0737. The third-order valence-electron chi connectivity index (χ3n) is 2.75. The summed E-state index contributed by atoms with van der Waals surface area (Å²) in [5, 5.41) is 5.96. The predicted octanol–water partition coefficient (Wildman–Crippen LogP) is 1.56. The molecule has 2 N–H and O–H groups in total. The van der Waals surface area contributed by atoms with Crippen LogP contribution in [0.15, 0.2) is 0 Å². The predicted molar refractivity (Wildman–Crippen MR) is 85.2 cm³/mol. The summed E-state index contributed by atoms with van der Waals surface area (Å²) in [7, 11) is -3.01. The smallest absolute Gasteiger partial charge is 0.407 e. The second-order valence-electron chi connectivity index (χ2n) is 6.90. The summed E-state index contributed by atoms with van der Waals surface area (Å²) in [6.07, 6.45) is 0.753. The number of rotatable bonds is 7. The fourth-order valence-electron chi connectivity index (χ4n) is 1.75. The average Bonchev–Trinajstić information content (AvgIpc) is 2.18. The van der Waals surface area contributed by atoms with E-state index in [0.717, 1.165) is 0 Å². The minimum Gasteiger partial charge on any atom is -0.444 e. The highest BCUT2D eigenvalue weighted by molar-refractivity contribution is 7.90. The van der Waals surface area contributed by atoms with Crippen LogP contribution in [0.4, 0.5) is 4.79 Å². The summed E-state index contributed by atoms with van der Waals surface area (Å²) in [5.74, 6) is 0.278. The lowest BCUT2D eigenvalue weighted by Crippen LogP contribution is -2.49. The minimum atomic E-state index is -3.01. The summed E-state index contributed by atoms with van der Waals surface area (Å²) in [4.78, 5) is 11.8. The van der Waals surface area contributed by atoms with Gasteiger partial charge in [0, 0.05) is 24.9 Å². The first kappa shape index (κ1) is 20.2. The van der Waals surface area contributed by atoms with E-state index in [1.165, 1.54) is 6.26 Å². The Balaban J connectivity index is 4.41. The Bertz CT molecular complexity index is 427. The van der Waals surface area contributed by atoms with Crippen LogP contribution in [-0.2, 0) is 14.6 Å². The Morgan fingerprint density at radius 1 is 1.19 bits per heavy atom. The van der Waals surface area contributed by atoms with E-state index in [-0.39, 0.29) is 23.8 Å². The first-order chi connectivity index (χ1) is 9.30. The van der Waals surface area contributed by atoms with Crippen molar-refractivity contribution in [2.24, 2.45) is 5.92 Å². The highest BCUT2D eigenvalue weighted by atomic mass is 32.2. The fourth-order valence-corrected chi connectivity index (χ4v) is 2.78. The molecule has 21 heavy (non-hydrogen) atoms. The van der Waals surface area contributed by atoms with E-state index in [1.54, 1.807) is 0 Å². The van der Waals surface area contributed by atoms with Crippen molar-refractivity contribution in [2.75, 3.05) is 18.6 Å². The molecule has 0 saturated heterocycles. The van der Waals surface area contributed by atoms with Crippen LogP contribution in [0.3, 0.4) is 0 Å². The van der Waals surface area contributed by atoms with Crippen molar-refractivity contribution in [3.8, 4) is 0 Å².